The van der Waals surface area contributed by atoms with E-state index in [9.17, 15) is 9.59 Å². The fraction of sp³-hybridized carbons (Fsp3) is 0.556. The lowest BCUT2D eigenvalue weighted by molar-refractivity contribution is -0.132. The van der Waals surface area contributed by atoms with Crippen LogP contribution < -0.4 is 14.4 Å². The summed E-state index contributed by atoms with van der Waals surface area (Å²) in [5.74, 6) is 2.08. The maximum atomic E-state index is 12.7. The molecular formula is C18H23N3O4. The van der Waals surface area contributed by atoms with Crippen LogP contribution in [-0.4, -0.2) is 61.3 Å². The molecule has 3 amide bonds. The van der Waals surface area contributed by atoms with Gasteiger partial charge in [0.2, 0.25) is 12.7 Å². The number of likely N-dealkylation sites (tertiary alicyclic amines) is 1. The second-order valence-corrected chi connectivity index (χ2v) is 6.96. The Morgan fingerprint density at radius 3 is 2.68 bits per heavy atom. The molecule has 134 valence electrons. The molecular weight excluding hydrogens is 322 g/mol. The van der Waals surface area contributed by atoms with Crippen molar-refractivity contribution in [2.75, 3.05) is 44.4 Å². The predicted octanol–water partition coefficient (Wildman–Crippen LogP) is 1.92. The molecule has 0 bridgehead atoms. The smallest absolute Gasteiger partial charge is 0.325 e. The zero-order valence-corrected chi connectivity index (χ0v) is 14.4. The lowest BCUT2D eigenvalue weighted by Crippen LogP contribution is -2.45. The molecule has 0 unspecified atom stereocenters. The number of hydrogen-bond acceptors (Lipinski definition) is 4. The van der Waals surface area contributed by atoms with Crippen LogP contribution in [0.1, 0.15) is 19.8 Å². The summed E-state index contributed by atoms with van der Waals surface area (Å²) in [4.78, 5) is 30.4. The normalized spacial score (nSPS) is 20.5. The van der Waals surface area contributed by atoms with E-state index in [2.05, 4.69) is 6.92 Å². The number of piperidine rings is 1. The third-order valence-corrected chi connectivity index (χ3v) is 5.23. The zero-order valence-electron chi connectivity index (χ0n) is 14.4. The van der Waals surface area contributed by atoms with Gasteiger partial charge in [0, 0.05) is 37.9 Å². The number of carbonyl (C=O) groups is 2. The molecule has 0 aromatic heterocycles. The van der Waals surface area contributed by atoms with Crippen molar-refractivity contribution >= 4 is 17.6 Å². The molecule has 0 N–H and O–H groups in total. The number of ether oxygens (including phenoxy) is 2. The molecule has 0 saturated carbocycles. The molecule has 2 fully saturated rings. The van der Waals surface area contributed by atoms with E-state index in [1.165, 1.54) is 0 Å². The summed E-state index contributed by atoms with van der Waals surface area (Å²) < 4.78 is 10.7. The van der Waals surface area contributed by atoms with Gasteiger partial charge >= 0.3 is 6.03 Å². The highest BCUT2D eigenvalue weighted by Crippen LogP contribution is 2.36. The zero-order chi connectivity index (χ0) is 17.4. The molecule has 3 heterocycles. The Labute approximate surface area is 147 Å². The lowest BCUT2D eigenvalue weighted by Gasteiger charge is -2.31. The first kappa shape index (κ1) is 16.1. The van der Waals surface area contributed by atoms with Gasteiger partial charge in [0.15, 0.2) is 11.5 Å². The minimum Gasteiger partial charge on any atom is -0.454 e. The SMILES string of the molecule is CC1CCN(C(=O)CN2CCN(c3ccc4c(c3)OCO4)C2=O)CC1. The van der Waals surface area contributed by atoms with Gasteiger partial charge < -0.3 is 19.3 Å². The van der Waals surface area contributed by atoms with Gasteiger partial charge in [0.05, 0.1) is 0 Å². The highest BCUT2D eigenvalue weighted by molar-refractivity contribution is 5.96. The fourth-order valence-corrected chi connectivity index (χ4v) is 3.54. The Kier molecular flexibility index (Phi) is 4.15. The molecule has 0 aliphatic carbocycles. The number of benzene rings is 1. The van der Waals surface area contributed by atoms with Gasteiger partial charge in [0.25, 0.3) is 0 Å². The second-order valence-electron chi connectivity index (χ2n) is 6.96. The quantitative estimate of drug-likeness (QED) is 0.840. The minimum atomic E-state index is -0.127. The Morgan fingerprint density at radius 1 is 1.12 bits per heavy atom. The Balaban J connectivity index is 1.39. The number of anilines is 1. The molecule has 0 radical (unpaired) electrons. The monoisotopic (exact) mass is 345 g/mol. The van der Waals surface area contributed by atoms with E-state index in [1.54, 1.807) is 9.80 Å². The molecule has 7 nitrogen and oxygen atoms in total. The average Bonchev–Trinajstić information content (AvgIpc) is 3.22. The molecule has 1 aromatic carbocycles. The first-order valence-corrected chi connectivity index (χ1v) is 8.85. The summed E-state index contributed by atoms with van der Waals surface area (Å²) in [6.07, 6.45) is 2.09. The van der Waals surface area contributed by atoms with Crippen LogP contribution in [-0.2, 0) is 4.79 Å². The minimum absolute atomic E-state index is 0.0489. The maximum Gasteiger partial charge on any atom is 0.325 e. The van der Waals surface area contributed by atoms with Crippen LogP contribution in [0.15, 0.2) is 18.2 Å². The molecule has 0 spiro atoms. The number of nitrogens with zero attached hydrogens (tertiary/aromatic N) is 3. The van der Waals surface area contributed by atoms with Crippen molar-refractivity contribution in [1.82, 2.24) is 9.80 Å². The van der Waals surface area contributed by atoms with Crippen molar-refractivity contribution in [3.05, 3.63) is 18.2 Å². The van der Waals surface area contributed by atoms with Crippen LogP contribution in [0.2, 0.25) is 0 Å². The van der Waals surface area contributed by atoms with Crippen LogP contribution in [0.5, 0.6) is 11.5 Å². The summed E-state index contributed by atoms with van der Waals surface area (Å²) in [6, 6.07) is 5.35. The van der Waals surface area contributed by atoms with E-state index in [1.807, 2.05) is 23.1 Å². The van der Waals surface area contributed by atoms with Gasteiger partial charge in [0.1, 0.15) is 6.54 Å². The second kappa shape index (κ2) is 6.46. The number of hydrogen-bond donors (Lipinski definition) is 0. The Morgan fingerprint density at radius 2 is 1.88 bits per heavy atom. The van der Waals surface area contributed by atoms with Crippen molar-refractivity contribution in [3.8, 4) is 11.5 Å². The summed E-state index contributed by atoms with van der Waals surface area (Å²) >= 11 is 0. The average molecular weight is 345 g/mol. The largest absolute Gasteiger partial charge is 0.454 e. The van der Waals surface area contributed by atoms with E-state index < -0.39 is 0 Å². The van der Waals surface area contributed by atoms with Crippen LogP contribution in [0.3, 0.4) is 0 Å². The number of rotatable bonds is 3. The van der Waals surface area contributed by atoms with E-state index in [0.717, 1.165) is 31.6 Å². The summed E-state index contributed by atoms with van der Waals surface area (Å²) in [5, 5.41) is 0. The van der Waals surface area contributed by atoms with Gasteiger partial charge in [-0.15, -0.1) is 0 Å². The number of urea groups is 1. The molecule has 3 aliphatic rings. The van der Waals surface area contributed by atoms with Crippen LogP contribution in [0.25, 0.3) is 0 Å². The summed E-state index contributed by atoms with van der Waals surface area (Å²) in [7, 11) is 0. The van der Waals surface area contributed by atoms with Gasteiger partial charge in [-0.2, -0.15) is 0 Å². The summed E-state index contributed by atoms with van der Waals surface area (Å²) in [6.45, 7) is 5.32. The van der Waals surface area contributed by atoms with E-state index >= 15 is 0 Å². The van der Waals surface area contributed by atoms with E-state index in [4.69, 9.17) is 9.47 Å². The standard InChI is InChI=1S/C18H23N3O4/c1-13-4-6-19(7-5-13)17(22)11-20-8-9-21(18(20)23)14-2-3-15-16(10-14)25-12-24-15/h2-3,10,13H,4-9,11-12H2,1H3. The van der Waals surface area contributed by atoms with Crippen LogP contribution >= 0.6 is 0 Å². The first-order chi connectivity index (χ1) is 12.1. The molecule has 2 saturated heterocycles. The highest BCUT2D eigenvalue weighted by atomic mass is 16.7. The Hall–Kier alpha value is -2.44. The van der Waals surface area contributed by atoms with E-state index in [-0.39, 0.29) is 25.3 Å². The predicted molar refractivity (Wildman–Crippen MR) is 91.9 cm³/mol. The third kappa shape index (κ3) is 3.10. The number of carbonyl (C=O) groups excluding carboxylic acids is 2. The van der Waals surface area contributed by atoms with Crippen LogP contribution in [0.4, 0.5) is 10.5 Å². The lowest BCUT2D eigenvalue weighted by atomic mass is 9.99. The van der Waals surface area contributed by atoms with E-state index in [0.29, 0.717) is 30.5 Å². The van der Waals surface area contributed by atoms with Gasteiger partial charge in [-0.05, 0) is 30.9 Å². The topological polar surface area (TPSA) is 62.3 Å². The van der Waals surface area contributed by atoms with Crippen LogP contribution in [0, 0.1) is 5.92 Å². The molecule has 7 heteroatoms. The van der Waals surface area contributed by atoms with Gasteiger partial charge in [-0.1, -0.05) is 6.92 Å². The van der Waals surface area contributed by atoms with Crippen molar-refractivity contribution in [2.24, 2.45) is 5.92 Å². The maximum absolute atomic E-state index is 12.7. The molecule has 25 heavy (non-hydrogen) atoms. The van der Waals surface area contributed by atoms with Crippen molar-refractivity contribution in [2.45, 2.75) is 19.8 Å². The highest BCUT2D eigenvalue weighted by Gasteiger charge is 2.33. The first-order valence-electron chi connectivity index (χ1n) is 8.85. The molecule has 0 atom stereocenters. The number of amides is 3. The molecule has 1 aromatic rings. The summed E-state index contributed by atoms with van der Waals surface area (Å²) in [5.41, 5.74) is 0.774. The Bertz CT molecular complexity index is 685. The molecule has 3 aliphatic heterocycles. The molecule has 4 rings (SSSR count). The van der Waals surface area contributed by atoms with Gasteiger partial charge in [-0.25, -0.2) is 4.79 Å². The van der Waals surface area contributed by atoms with Gasteiger partial charge in [-0.3, -0.25) is 9.69 Å². The third-order valence-electron chi connectivity index (χ3n) is 5.23. The van der Waals surface area contributed by atoms with Crippen molar-refractivity contribution < 1.29 is 19.1 Å². The van der Waals surface area contributed by atoms with Crippen molar-refractivity contribution in [1.29, 1.82) is 0 Å². The van der Waals surface area contributed by atoms with Crippen molar-refractivity contribution in [3.63, 3.8) is 0 Å². The fourth-order valence-electron chi connectivity index (χ4n) is 3.54. The number of fused-ring (bicyclic) bond motifs is 1.